The van der Waals surface area contributed by atoms with Gasteiger partial charge in [-0.1, -0.05) is 12.1 Å². The van der Waals surface area contributed by atoms with Crippen molar-refractivity contribution >= 4 is 17.9 Å². The SMILES string of the molecule is CC(C)(C)OC(=O)NCC1CN(c2ccc(C3CCC4OC(C)(C)OC4C3)cc2)C(=O)O1. The van der Waals surface area contributed by atoms with Gasteiger partial charge in [-0.15, -0.1) is 0 Å². The summed E-state index contributed by atoms with van der Waals surface area (Å²) in [7, 11) is 0. The molecule has 4 atom stereocenters. The zero-order valence-corrected chi connectivity index (χ0v) is 19.6. The lowest BCUT2D eigenvalue weighted by atomic mass is 9.81. The number of nitrogens with one attached hydrogen (secondary N) is 1. The Labute approximate surface area is 189 Å². The van der Waals surface area contributed by atoms with Gasteiger partial charge >= 0.3 is 12.2 Å². The zero-order valence-electron chi connectivity index (χ0n) is 19.6. The maximum Gasteiger partial charge on any atom is 0.414 e. The van der Waals surface area contributed by atoms with Crippen LogP contribution in [-0.2, 0) is 18.9 Å². The Bertz CT molecular complexity index is 847. The predicted molar refractivity (Wildman–Crippen MR) is 119 cm³/mol. The van der Waals surface area contributed by atoms with Crippen LogP contribution in [0.2, 0.25) is 0 Å². The lowest BCUT2D eigenvalue weighted by Gasteiger charge is -2.29. The van der Waals surface area contributed by atoms with Crippen molar-refractivity contribution in [2.75, 3.05) is 18.0 Å². The van der Waals surface area contributed by atoms with Crippen molar-refractivity contribution in [1.29, 1.82) is 0 Å². The number of anilines is 1. The topological polar surface area (TPSA) is 86.3 Å². The van der Waals surface area contributed by atoms with E-state index in [1.165, 1.54) is 5.56 Å². The first-order valence-electron chi connectivity index (χ1n) is 11.4. The Hall–Kier alpha value is -2.32. The average molecular weight is 447 g/mol. The summed E-state index contributed by atoms with van der Waals surface area (Å²) in [6.07, 6.45) is 1.96. The predicted octanol–water partition coefficient (Wildman–Crippen LogP) is 4.32. The smallest absolute Gasteiger partial charge is 0.414 e. The molecule has 1 aromatic carbocycles. The van der Waals surface area contributed by atoms with Crippen LogP contribution < -0.4 is 10.2 Å². The number of benzene rings is 1. The number of hydrogen-bond acceptors (Lipinski definition) is 6. The summed E-state index contributed by atoms with van der Waals surface area (Å²) in [4.78, 5) is 25.8. The molecule has 1 aliphatic carbocycles. The molecule has 8 nitrogen and oxygen atoms in total. The first-order valence-corrected chi connectivity index (χ1v) is 11.4. The van der Waals surface area contributed by atoms with Gasteiger partial charge in [-0.2, -0.15) is 0 Å². The van der Waals surface area contributed by atoms with Gasteiger partial charge in [-0.25, -0.2) is 9.59 Å². The number of carbonyl (C=O) groups is 2. The molecule has 0 radical (unpaired) electrons. The average Bonchev–Trinajstić information content (AvgIpc) is 3.22. The molecule has 1 saturated carbocycles. The van der Waals surface area contributed by atoms with E-state index in [0.717, 1.165) is 24.9 Å². The second kappa shape index (κ2) is 8.56. The number of cyclic esters (lactones) is 1. The molecule has 2 aliphatic heterocycles. The second-order valence-corrected chi connectivity index (χ2v) is 10.3. The van der Waals surface area contributed by atoms with Crippen molar-refractivity contribution in [3.05, 3.63) is 29.8 Å². The van der Waals surface area contributed by atoms with Crippen molar-refractivity contribution in [2.24, 2.45) is 0 Å². The molecule has 2 saturated heterocycles. The molecular weight excluding hydrogens is 412 g/mol. The highest BCUT2D eigenvalue weighted by molar-refractivity contribution is 5.89. The number of alkyl carbamates (subject to hydrolysis) is 1. The molecular formula is C24H34N2O6. The van der Waals surface area contributed by atoms with E-state index in [-0.39, 0.29) is 18.8 Å². The monoisotopic (exact) mass is 446 g/mol. The van der Waals surface area contributed by atoms with E-state index in [0.29, 0.717) is 12.5 Å². The normalized spacial score (nSPS) is 29.4. The number of fused-ring (bicyclic) bond motifs is 1. The van der Waals surface area contributed by atoms with Gasteiger partial charge in [0.05, 0.1) is 25.3 Å². The molecule has 0 aromatic heterocycles. The minimum Gasteiger partial charge on any atom is -0.444 e. The number of carbonyl (C=O) groups excluding carboxylic acids is 2. The highest BCUT2D eigenvalue weighted by Crippen LogP contribution is 2.42. The number of ether oxygens (including phenoxy) is 4. The molecule has 8 heteroatoms. The first-order chi connectivity index (χ1) is 15.0. The highest BCUT2D eigenvalue weighted by atomic mass is 16.7. The number of amides is 2. The third-order valence-corrected chi connectivity index (χ3v) is 6.02. The van der Waals surface area contributed by atoms with Gasteiger partial charge in [-0.05, 0) is 77.5 Å². The second-order valence-electron chi connectivity index (χ2n) is 10.3. The molecule has 1 aromatic rings. The third kappa shape index (κ3) is 5.35. The van der Waals surface area contributed by atoms with Crippen molar-refractivity contribution < 1.29 is 28.5 Å². The van der Waals surface area contributed by atoms with Gasteiger partial charge in [0.15, 0.2) is 5.79 Å². The van der Waals surface area contributed by atoms with E-state index >= 15 is 0 Å². The lowest BCUT2D eigenvalue weighted by Crippen LogP contribution is -2.38. The fourth-order valence-electron chi connectivity index (χ4n) is 4.70. The van der Waals surface area contributed by atoms with Crippen LogP contribution in [0, 0.1) is 0 Å². The number of rotatable bonds is 4. The molecule has 2 amide bonds. The van der Waals surface area contributed by atoms with Crippen molar-refractivity contribution in [1.82, 2.24) is 5.32 Å². The van der Waals surface area contributed by atoms with Gasteiger partial charge in [-0.3, -0.25) is 4.90 Å². The summed E-state index contributed by atoms with van der Waals surface area (Å²) in [6.45, 7) is 9.93. The molecule has 3 fully saturated rings. The number of hydrogen-bond donors (Lipinski definition) is 1. The van der Waals surface area contributed by atoms with Crippen LogP contribution in [0.4, 0.5) is 15.3 Å². The van der Waals surface area contributed by atoms with Crippen molar-refractivity contribution in [3.63, 3.8) is 0 Å². The van der Waals surface area contributed by atoms with Crippen LogP contribution in [0.3, 0.4) is 0 Å². The largest absolute Gasteiger partial charge is 0.444 e. The molecule has 0 spiro atoms. The Balaban J connectivity index is 1.31. The van der Waals surface area contributed by atoms with Crippen LogP contribution in [0.5, 0.6) is 0 Å². The van der Waals surface area contributed by atoms with E-state index in [1.807, 2.05) is 26.0 Å². The van der Waals surface area contributed by atoms with E-state index < -0.39 is 29.7 Å². The Morgan fingerprint density at radius 3 is 2.53 bits per heavy atom. The summed E-state index contributed by atoms with van der Waals surface area (Å²) in [5.41, 5.74) is 1.46. The summed E-state index contributed by atoms with van der Waals surface area (Å²) in [6, 6.07) is 8.09. The van der Waals surface area contributed by atoms with Gasteiger partial charge in [0.25, 0.3) is 0 Å². The summed E-state index contributed by atoms with van der Waals surface area (Å²) in [5.74, 6) is -0.0851. The van der Waals surface area contributed by atoms with E-state index in [2.05, 4.69) is 17.4 Å². The fraction of sp³-hybridized carbons (Fsp3) is 0.667. The summed E-state index contributed by atoms with van der Waals surface area (Å²) >= 11 is 0. The van der Waals surface area contributed by atoms with Crippen LogP contribution >= 0.6 is 0 Å². The summed E-state index contributed by atoms with van der Waals surface area (Å²) in [5, 5.41) is 2.66. The van der Waals surface area contributed by atoms with Crippen LogP contribution in [-0.4, -0.2) is 55.0 Å². The quantitative estimate of drug-likeness (QED) is 0.741. The zero-order chi connectivity index (χ0) is 23.1. The van der Waals surface area contributed by atoms with Crippen LogP contribution in [0.15, 0.2) is 24.3 Å². The standard InChI is InChI=1S/C24H34N2O6/c1-23(2,3)32-21(27)25-13-18-14-26(22(28)29-18)17-9-6-15(7-10-17)16-8-11-19-20(12-16)31-24(4,5)30-19/h6-7,9-10,16,18-20H,8,11-14H2,1-5H3,(H,25,27). The molecule has 1 N–H and O–H groups in total. The third-order valence-electron chi connectivity index (χ3n) is 6.02. The summed E-state index contributed by atoms with van der Waals surface area (Å²) < 4.78 is 22.7. The van der Waals surface area contributed by atoms with E-state index in [1.54, 1.807) is 25.7 Å². The molecule has 176 valence electrons. The Morgan fingerprint density at radius 2 is 1.84 bits per heavy atom. The minimum absolute atomic E-state index is 0.134. The van der Waals surface area contributed by atoms with Crippen LogP contribution in [0.25, 0.3) is 0 Å². The fourth-order valence-corrected chi connectivity index (χ4v) is 4.70. The van der Waals surface area contributed by atoms with E-state index in [9.17, 15) is 9.59 Å². The first kappa shape index (κ1) is 22.9. The molecule has 32 heavy (non-hydrogen) atoms. The Morgan fingerprint density at radius 1 is 1.16 bits per heavy atom. The van der Waals surface area contributed by atoms with Gasteiger partial charge in [0.2, 0.25) is 0 Å². The molecule has 4 unspecified atom stereocenters. The molecule has 3 aliphatic rings. The van der Waals surface area contributed by atoms with Crippen LogP contribution in [0.1, 0.15) is 65.4 Å². The Kier molecular flexibility index (Phi) is 6.11. The number of nitrogens with zero attached hydrogens (tertiary/aromatic N) is 1. The van der Waals surface area contributed by atoms with Crippen molar-refractivity contribution in [3.8, 4) is 0 Å². The molecule has 2 heterocycles. The highest BCUT2D eigenvalue weighted by Gasteiger charge is 2.44. The minimum atomic E-state index is -0.573. The lowest BCUT2D eigenvalue weighted by molar-refractivity contribution is -0.145. The van der Waals surface area contributed by atoms with Gasteiger partial charge < -0.3 is 24.3 Å². The maximum absolute atomic E-state index is 12.4. The van der Waals surface area contributed by atoms with E-state index in [4.69, 9.17) is 18.9 Å². The molecule has 4 rings (SSSR count). The van der Waals surface area contributed by atoms with Crippen molar-refractivity contribution in [2.45, 2.75) is 89.5 Å². The maximum atomic E-state index is 12.4. The molecule has 0 bridgehead atoms. The van der Waals surface area contributed by atoms with Gasteiger partial charge in [0, 0.05) is 5.69 Å². The van der Waals surface area contributed by atoms with Gasteiger partial charge in [0.1, 0.15) is 11.7 Å².